The predicted molar refractivity (Wildman–Crippen MR) is 138 cm³/mol. The van der Waals surface area contributed by atoms with E-state index in [-0.39, 0.29) is 6.54 Å². The standard InChI is InChI=1S/C27H31N7O3/c1-17-25(31-27(33(17)2)29-20-8-10-36-11-9-20)28-15-34(16-35)14-23-30-26(32-37-23)24-21-12-19(13-22(21)24)18-6-4-3-5-7-18/h3-7,12,15-16,20-22,24H,8-11,13-14H2,1-2H3,(H,29,31)/b28-15-. The Balaban J connectivity index is 1.07. The van der Waals surface area contributed by atoms with Crippen LogP contribution >= 0.6 is 0 Å². The third kappa shape index (κ3) is 4.81. The number of nitrogens with one attached hydrogen (secondary N) is 1. The number of nitrogens with zero attached hydrogens (tertiary/aromatic N) is 6. The molecule has 1 aromatic carbocycles. The Hall–Kier alpha value is -3.79. The number of carbonyl (C=O) groups excluding carboxylic acids is 1. The molecule has 3 aliphatic rings. The number of imidazole rings is 1. The zero-order chi connectivity index (χ0) is 25.4. The molecule has 10 nitrogen and oxygen atoms in total. The van der Waals surface area contributed by atoms with Gasteiger partial charge in [-0.05, 0) is 49.2 Å². The van der Waals surface area contributed by atoms with Gasteiger partial charge >= 0.3 is 0 Å². The van der Waals surface area contributed by atoms with Gasteiger partial charge in [-0.25, -0.2) is 4.99 Å². The molecule has 3 atom stereocenters. The molecule has 6 rings (SSSR count). The van der Waals surface area contributed by atoms with Crippen molar-refractivity contribution in [3.8, 4) is 0 Å². The first-order valence-electron chi connectivity index (χ1n) is 12.8. The molecule has 1 saturated carbocycles. The van der Waals surface area contributed by atoms with Crippen molar-refractivity contribution in [1.82, 2.24) is 24.6 Å². The third-order valence-electron chi connectivity index (χ3n) is 7.70. The number of allylic oxidation sites excluding steroid dienone is 2. The molecule has 1 saturated heterocycles. The molecule has 37 heavy (non-hydrogen) atoms. The maximum absolute atomic E-state index is 11.7. The van der Waals surface area contributed by atoms with Gasteiger partial charge in [0.05, 0.1) is 5.69 Å². The maximum Gasteiger partial charge on any atom is 0.246 e. The fourth-order valence-electron chi connectivity index (χ4n) is 5.37. The molecule has 10 heteroatoms. The van der Waals surface area contributed by atoms with E-state index in [0.717, 1.165) is 49.9 Å². The highest BCUT2D eigenvalue weighted by Gasteiger charge is 2.55. The fourth-order valence-corrected chi connectivity index (χ4v) is 5.37. The van der Waals surface area contributed by atoms with Crippen LogP contribution in [0.25, 0.3) is 5.57 Å². The summed E-state index contributed by atoms with van der Waals surface area (Å²) < 4.78 is 12.9. The highest BCUT2D eigenvalue weighted by molar-refractivity contribution is 5.74. The van der Waals surface area contributed by atoms with Gasteiger partial charge < -0.3 is 19.1 Å². The van der Waals surface area contributed by atoms with Crippen LogP contribution in [-0.4, -0.2) is 56.6 Å². The van der Waals surface area contributed by atoms with Crippen LogP contribution in [-0.2, 0) is 23.1 Å². The molecule has 2 fully saturated rings. The Morgan fingerprint density at radius 2 is 2.03 bits per heavy atom. The summed E-state index contributed by atoms with van der Waals surface area (Å²) in [7, 11) is 1.95. The van der Waals surface area contributed by atoms with Crippen LogP contribution in [0.4, 0.5) is 11.8 Å². The van der Waals surface area contributed by atoms with Crippen molar-refractivity contribution in [2.24, 2.45) is 23.9 Å². The number of carbonyl (C=O) groups is 1. The summed E-state index contributed by atoms with van der Waals surface area (Å²) >= 11 is 0. The van der Waals surface area contributed by atoms with Crippen molar-refractivity contribution >= 4 is 30.1 Å². The Bertz CT molecular complexity index is 1320. The third-order valence-corrected chi connectivity index (χ3v) is 7.70. The van der Waals surface area contributed by atoms with Gasteiger partial charge in [-0.3, -0.25) is 9.69 Å². The lowest BCUT2D eigenvalue weighted by molar-refractivity contribution is -0.115. The Morgan fingerprint density at radius 1 is 1.22 bits per heavy atom. The lowest BCUT2D eigenvalue weighted by Crippen LogP contribution is -2.29. The first kappa shape index (κ1) is 23.6. The molecule has 2 aliphatic carbocycles. The lowest BCUT2D eigenvalue weighted by atomic mass is 10.0. The van der Waals surface area contributed by atoms with E-state index in [1.165, 1.54) is 22.4 Å². The highest BCUT2D eigenvalue weighted by atomic mass is 16.5. The van der Waals surface area contributed by atoms with Crippen molar-refractivity contribution < 1.29 is 14.1 Å². The quantitative estimate of drug-likeness (QED) is 0.269. The van der Waals surface area contributed by atoms with E-state index in [9.17, 15) is 4.79 Å². The molecule has 1 N–H and O–H groups in total. The number of fused-ring (bicyclic) bond motifs is 1. The molecule has 0 bridgehead atoms. The minimum atomic E-state index is 0.159. The van der Waals surface area contributed by atoms with Crippen LogP contribution in [0, 0.1) is 18.8 Å². The van der Waals surface area contributed by atoms with Gasteiger partial charge in [-0.2, -0.15) is 9.97 Å². The molecule has 192 valence electrons. The number of hydrogen-bond acceptors (Lipinski definition) is 8. The lowest BCUT2D eigenvalue weighted by Gasteiger charge is -2.23. The predicted octanol–water partition coefficient (Wildman–Crippen LogP) is 3.84. The summed E-state index contributed by atoms with van der Waals surface area (Å²) in [6.45, 7) is 3.62. The van der Waals surface area contributed by atoms with Crippen LogP contribution in [0.1, 0.15) is 48.2 Å². The van der Waals surface area contributed by atoms with Gasteiger partial charge in [0.1, 0.15) is 12.9 Å². The second kappa shape index (κ2) is 9.93. The molecule has 1 aliphatic heterocycles. The van der Waals surface area contributed by atoms with Crippen LogP contribution in [0.2, 0.25) is 0 Å². The van der Waals surface area contributed by atoms with Gasteiger partial charge in [0.25, 0.3) is 0 Å². The Kier molecular flexibility index (Phi) is 6.33. The van der Waals surface area contributed by atoms with E-state index in [2.05, 4.69) is 55.8 Å². The first-order chi connectivity index (χ1) is 18.1. The maximum atomic E-state index is 11.7. The largest absolute Gasteiger partial charge is 0.381 e. The van der Waals surface area contributed by atoms with Gasteiger partial charge in [0.15, 0.2) is 11.6 Å². The van der Waals surface area contributed by atoms with E-state index >= 15 is 0 Å². The number of rotatable bonds is 9. The summed E-state index contributed by atoms with van der Waals surface area (Å²) in [5.74, 6) is 3.71. The van der Waals surface area contributed by atoms with Crippen molar-refractivity contribution in [3.63, 3.8) is 0 Å². The smallest absolute Gasteiger partial charge is 0.246 e. The number of aliphatic imine (C=N–C) groups is 1. The Morgan fingerprint density at radius 3 is 2.76 bits per heavy atom. The number of benzene rings is 1. The number of hydrogen-bond donors (Lipinski definition) is 1. The normalized spacial score (nSPS) is 23.2. The molecule has 3 aromatic rings. The second-order valence-corrected chi connectivity index (χ2v) is 10.0. The summed E-state index contributed by atoms with van der Waals surface area (Å²) in [6.07, 6.45) is 7.44. The van der Waals surface area contributed by atoms with Crippen molar-refractivity contribution in [1.29, 1.82) is 0 Å². The van der Waals surface area contributed by atoms with Gasteiger partial charge in [-0.1, -0.05) is 41.6 Å². The average Bonchev–Trinajstić information content (AvgIpc) is 3.27. The van der Waals surface area contributed by atoms with Crippen LogP contribution in [0.3, 0.4) is 0 Å². The topological polar surface area (TPSA) is 111 Å². The van der Waals surface area contributed by atoms with Crippen molar-refractivity contribution in [2.45, 2.75) is 44.7 Å². The number of anilines is 1. The molecule has 2 aromatic heterocycles. The number of ether oxygens (including phenoxy) is 1. The number of aromatic nitrogens is 4. The minimum Gasteiger partial charge on any atom is -0.381 e. The van der Waals surface area contributed by atoms with Gasteiger partial charge in [0, 0.05) is 32.2 Å². The van der Waals surface area contributed by atoms with Crippen molar-refractivity contribution in [3.05, 3.63) is 59.4 Å². The summed E-state index contributed by atoms with van der Waals surface area (Å²) in [5, 5.41) is 7.69. The number of amides is 1. The van der Waals surface area contributed by atoms with E-state index in [0.29, 0.717) is 41.9 Å². The van der Waals surface area contributed by atoms with Crippen LogP contribution in [0.5, 0.6) is 0 Å². The van der Waals surface area contributed by atoms with Crippen molar-refractivity contribution in [2.75, 3.05) is 18.5 Å². The van der Waals surface area contributed by atoms with E-state index in [4.69, 9.17) is 9.26 Å². The summed E-state index contributed by atoms with van der Waals surface area (Å²) in [5.41, 5.74) is 3.59. The monoisotopic (exact) mass is 501 g/mol. The van der Waals surface area contributed by atoms with Crippen LogP contribution < -0.4 is 5.32 Å². The van der Waals surface area contributed by atoms with Crippen LogP contribution in [0.15, 0.2) is 45.9 Å². The molecule has 0 spiro atoms. The molecule has 1 amide bonds. The molecular formula is C27H31N7O3. The fraction of sp³-hybridized carbons (Fsp3) is 0.444. The highest BCUT2D eigenvalue weighted by Crippen LogP contribution is 2.62. The molecule has 3 heterocycles. The summed E-state index contributed by atoms with van der Waals surface area (Å²) in [4.78, 5) is 26.8. The van der Waals surface area contributed by atoms with E-state index in [1.54, 1.807) is 0 Å². The summed E-state index contributed by atoms with van der Waals surface area (Å²) in [6, 6.07) is 10.8. The Labute approximate surface area is 215 Å². The second-order valence-electron chi connectivity index (χ2n) is 10.0. The minimum absolute atomic E-state index is 0.159. The average molecular weight is 502 g/mol. The van der Waals surface area contributed by atoms with Gasteiger partial charge in [0.2, 0.25) is 18.2 Å². The van der Waals surface area contributed by atoms with E-state index in [1.807, 2.05) is 24.6 Å². The zero-order valence-electron chi connectivity index (χ0n) is 21.1. The zero-order valence-corrected chi connectivity index (χ0v) is 21.1. The molecule has 0 radical (unpaired) electrons. The van der Waals surface area contributed by atoms with E-state index < -0.39 is 0 Å². The first-order valence-corrected chi connectivity index (χ1v) is 12.8. The van der Waals surface area contributed by atoms with Gasteiger partial charge in [-0.15, -0.1) is 0 Å². The molecule has 3 unspecified atom stereocenters. The SMILES string of the molecule is Cc1c(/N=C\N(C=O)Cc2nc(C3C4C=C(c5ccccc5)CC43)no2)nc(NC2CCOCC2)n1C. The molecular weight excluding hydrogens is 470 g/mol.